The molecule has 3 aliphatic carbocycles. The van der Waals surface area contributed by atoms with E-state index in [0.29, 0.717) is 11.1 Å². The zero-order chi connectivity index (χ0) is 14.2. The van der Waals surface area contributed by atoms with Gasteiger partial charge in [-0.2, -0.15) is 0 Å². The van der Waals surface area contributed by atoms with E-state index in [1.165, 1.54) is 0 Å². The van der Waals surface area contributed by atoms with Crippen LogP contribution in [0.2, 0.25) is 0 Å². The molecule has 0 aromatic carbocycles. The van der Waals surface area contributed by atoms with Crippen molar-refractivity contribution in [2.75, 3.05) is 6.61 Å². The maximum atomic E-state index is 10.5. The molecule has 6 atom stereocenters. The van der Waals surface area contributed by atoms with Gasteiger partial charge in [0.1, 0.15) is 6.10 Å². The zero-order valence-corrected chi connectivity index (χ0v) is 11.8. The fourth-order valence-electron chi connectivity index (χ4n) is 5.02. The number of hydrogen-bond donors (Lipinski definition) is 4. The molecule has 0 amide bonds. The molecule has 108 valence electrons. The summed E-state index contributed by atoms with van der Waals surface area (Å²) < 4.78 is 0. The molecule has 0 heterocycles. The Bertz CT molecular complexity index is 441. The van der Waals surface area contributed by atoms with Crippen LogP contribution in [0.25, 0.3) is 0 Å². The molecule has 19 heavy (non-hydrogen) atoms. The van der Waals surface area contributed by atoms with Crippen LogP contribution in [0.15, 0.2) is 11.1 Å². The molecule has 4 heteroatoms. The fourth-order valence-corrected chi connectivity index (χ4v) is 5.02. The molecule has 0 radical (unpaired) electrons. The van der Waals surface area contributed by atoms with Gasteiger partial charge in [-0.3, -0.25) is 0 Å². The SMILES string of the molecule is CC1(C)C[C@H]2[C@H](O)C(CO)=C3[C@@H](O)[C@@H](O)[C@]3(C)[C@H]2C1. The van der Waals surface area contributed by atoms with E-state index in [-0.39, 0.29) is 23.9 Å². The molecule has 0 aliphatic heterocycles. The van der Waals surface area contributed by atoms with Crippen LogP contribution in [0.4, 0.5) is 0 Å². The second-order valence-corrected chi connectivity index (χ2v) is 7.56. The van der Waals surface area contributed by atoms with Crippen LogP contribution in [-0.4, -0.2) is 45.3 Å². The third-order valence-corrected chi connectivity index (χ3v) is 5.92. The van der Waals surface area contributed by atoms with Crippen LogP contribution in [-0.2, 0) is 0 Å². The molecule has 4 nitrogen and oxygen atoms in total. The van der Waals surface area contributed by atoms with E-state index in [2.05, 4.69) is 13.8 Å². The van der Waals surface area contributed by atoms with Crippen molar-refractivity contribution in [2.45, 2.75) is 51.9 Å². The Labute approximate surface area is 113 Å². The predicted molar refractivity (Wildman–Crippen MR) is 70.2 cm³/mol. The summed E-state index contributed by atoms with van der Waals surface area (Å²) in [5.41, 5.74) is 0.887. The highest BCUT2D eigenvalue weighted by Gasteiger charge is 2.66. The first-order valence-electron chi connectivity index (χ1n) is 7.12. The smallest absolute Gasteiger partial charge is 0.103 e. The van der Waals surface area contributed by atoms with Gasteiger partial charge in [0.2, 0.25) is 0 Å². The average Bonchev–Trinajstić information content (AvgIpc) is 2.69. The Balaban J connectivity index is 2.10. The molecule has 3 aliphatic rings. The van der Waals surface area contributed by atoms with Gasteiger partial charge in [0.05, 0.1) is 18.8 Å². The van der Waals surface area contributed by atoms with Gasteiger partial charge in [-0.1, -0.05) is 20.8 Å². The van der Waals surface area contributed by atoms with E-state index in [0.717, 1.165) is 12.8 Å². The molecule has 2 fully saturated rings. The van der Waals surface area contributed by atoms with Crippen molar-refractivity contribution in [1.29, 1.82) is 0 Å². The standard InChI is InChI=1S/C15H24O4/c1-14(2)4-7-9(5-14)15(3)10(12(18)13(15)19)8(6-16)11(7)17/h7,9,11-13,16-19H,4-6H2,1-3H3/t7-,9+,11+,12-,13-,15-/m1/s1. The van der Waals surface area contributed by atoms with Gasteiger partial charge in [0.15, 0.2) is 0 Å². The first kappa shape index (κ1) is 13.6. The van der Waals surface area contributed by atoms with E-state index in [1.807, 2.05) is 6.92 Å². The molecule has 4 N–H and O–H groups in total. The molecule has 0 saturated heterocycles. The number of aliphatic hydroxyl groups is 4. The van der Waals surface area contributed by atoms with Crippen LogP contribution in [0.1, 0.15) is 33.6 Å². The normalized spacial score (nSPS) is 51.6. The molecule has 0 aromatic rings. The highest BCUT2D eigenvalue weighted by atomic mass is 16.3. The van der Waals surface area contributed by atoms with E-state index in [4.69, 9.17) is 0 Å². The van der Waals surface area contributed by atoms with Crippen molar-refractivity contribution < 1.29 is 20.4 Å². The predicted octanol–water partition coefficient (Wildman–Crippen LogP) is 0.444. The van der Waals surface area contributed by atoms with E-state index < -0.39 is 23.7 Å². The molecule has 2 saturated carbocycles. The highest BCUT2D eigenvalue weighted by molar-refractivity contribution is 5.44. The lowest BCUT2D eigenvalue weighted by atomic mass is 9.48. The number of rotatable bonds is 1. The quantitative estimate of drug-likeness (QED) is 0.520. The van der Waals surface area contributed by atoms with Crippen molar-refractivity contribution in [1.82, 2.24) is 0 Å². The largest absolute Gasteiger partial charge is 0.392 e. The lowest BCUT2D eigenvalue weighted by Gasteiger charge is -2.60. The molecule has 3 rings (SSSR count). The summed E-state index contributed by atoms with van der Waals surface area (Å²) in [6, 6.07) is 0. The summed E-state index contributed by atoms with van der Waals surface area (Å²) >= 11 is 0. The second-order valence-electron chi connectivity index (χ2n) is 7.56. The van der Waals surface area contributed by atoms with E-state index >= 15 is 0 Å². The summed E-state index contributed by atoms with van der Waals surface area (Å²) in [4.78, 5) is 0. The number of aliphatic hydroxyl groups excluding tert-OH is 4. The van der Waals surface area contributed by atoms with Gasteiger partial charge in [0, 0.05) is 5.41 Å². The van der Waals surface area contributed by atoms with E-state index in [9.17, 15) is 20.4 Å². The third-order valence-electron chi connectivity index (χ3n) is 5.92. The maximum absolute atomic E-state index is 10.5. The molecular formula is C15H24O4. The fraction of sp³-hybridized carbons (Fsp3) is 0.867. The topological polar surface area (TPSA) is 80.9 Å². The lowest BCUT2D eigenvalue weighted by molar-refractivity contribution is -0.149. The van der Waals surface area contributed by atoms with E-state index in [1.54, 1.807) is 0 Å². The molecular weight excluding hydrogens is 244 g/mol. The molecule has 0 bridgehead atoms. The Morgan fingerprint density at radius 1 is 1.05 bits per heavy atom. The van der Waals surface area contributed by atoms with Crippen molar-refractivity contribution in [3.05, 3.63) is 11.1 Å². The van der Waals surface area contributed by atoms with Crippen LogP contribution in [0, 0.1) is 22.7 Å². The Morgan fingerprint density at radius 2 is 1.68 bits per heavy atom. The highest BCUT2D eigenvalue weighted by Crippen LogP contribution is 2.66. The van der Waals surface area contributed by atoms with Gasteiger partial charge >= 0.3 is 0 Å². The van der Waals surface area contributed by atoms with Crippen molar-refractivity contribution in [2.24, 2.45) is 22.7 Å². The summed E-state index contributed by atoms with van der Waals surface area (Å²) in [6.07, 6.45) is -0.544. The second kappa shape index (κ2) is 3.82. The number of hydrogen-bond acceptors (Lipinski definition) is 4. The minimum absolute atomic E-state index is 0.0769. The van der Waals surface area contributed by atoms with Crippen LogP contribution < -0.4 is 0 Å². The third kappa shape index (κ3) is 1.49. The van der Waals surface area contributed by atoms with Crippen molar-refractivity contribution >= 4 is 0 Å². The van der Waals surface area contributed by atoms with Gasteiger partial charge in [-0.05, 0) is 41.2 Å². The lowest BCUT2D eigenvalue weighted by Crippen LogP contribution is -2.65. The van der Waals surface area contributed by atoms with Gasteiger partial charge < -0.3 is 20.4 Å². The Morgan fingerprint density at radius 3 is 2.26 bits per heavy atom. The minimum atomic E-state index is -0.925. The Hall–Kier alpha value is -0.420. The summed E-state index contributed by atoms with van der Waals surface area (Å²) in [5.74, 6) is 0.259. The zero-order valence-electron chi connectivity index (χ0n) is 11.8. The molecule has 0 aromatic heterocycles. The summed E-state index contributed by atoms with van der Waals surface area (Å²) in [5, 5.41) is 40.3. The molecule has 0 unspecified atom stereocenters. The van der Waals surface area contributed by atoms with Gasteiger partial charge in [-0.25, -0.2) is 0 Å². The van der Waals surface area contributed by atoms with Crippen LogP contribution in [0.3, 0.4) is 0 Å². The minimum Gasteiger partial charge on any atom is -0.392 e. The summed E-state index contributed by atoms with van der Waals surface area (Å²) in [6.45, 7) is 6.10. The monoisotopic (exact) mass is 268 g/mol. The van der Waals surface area contributed by atoms with Crippen LogP contribution in [0.5, 0.6) is 0 Å². The van der Waals surface area contributed by atoms with Crippen molar-refractivity contribution in [3.8, 4) is 0 Å². The summed E-state index contributed by atoms with van der Waals surface area (Å²) in [7, 11) is 0. The number of fused-ring (bicyclic) bond motifs is 3. The van der Waals surface area contributed by atoms with Gasteiger partial charge in [-0.15, -0.1) is 0 Å². The molecule has 0 spiro atoms. The average molecular weight is 268 g/mol. The van der Waals surface area contributed by atoms with Gasteiger partial charge in [0.25, 0.3) is 0 Å². The maximum Gasteiger partial charge on any atom is 0.103 e. The van der Waals surface area contributed by atoms with Crippen LogP contribution >= 0.6 is 0 Å². The first-order valence-corrected chi connectivity index (χ1v) is 7.12. The Kier molecular flexibility index (Phi) is 2.72. The van der Waals surface area contributed by atoms with Crippen molar-refractivity contribution in [3.63, 3.8) is 0 Å². The first-order chi connectivity index (χ1) is 8.74.